The second kappa shape index (κ2) is 7.52. The van der Waals surface area contributed by atoms with Gasteiger partial charge in [0.2, 0.25) is 11.8 Å². The number of benzene rings is 2. The summed E-state index contributed by atoms with van der Waals surface area (Å²) in [6.45, 7) is 0.305. The van der Waals surface area contributed by atoms with Gasteiger partial charge in [0.15, 0.2) is 6.10 Å². The molecule has 0 aliphatic rings. The molecule has 1 aromatic heterocycles. The van der Waals surface area contributed by atoms with Crippen molar-refractivity contribution in [3.63, 3.8) is 0 Å². The van der Waals surface area contributed by atoms with Crippen molar-refractivity contribution < 1.29 is 14.3 Å². The second-order valence-corrected chi connectivity index (χ2v) is 5.22. The molecule has 122 valence electrons. The molecule has 24 heavy (non-hydrogen) atoms. The van der Waals surface area contributed by atoms with E-state index in [1.165, 1.54) is 0 Å². The van der Waals surface area contributed by atoms with Gasteiger partial charge in [-0.15, -0.1) is 10.2 Å². The number of hydrogen-bond donors (Lipinski definition) is 2. The summed E-state index contributed by atoms with van der Waals surface area (Å²) in [6.07, 6.45) is -0.790. The van der Waals surface area contributed by atoms with Crippen LogP contribution < -0.4 is 5.32 Å². The summed E-state index contributed by atoms with van der Waals surface area (Å²) in [6, 6.07) is 18.2. The molecule has 6 nitrogen and oxygen atoms in total. The summed E-state index contributed by atoms with van der Waals surface area (Å²) >= 11 is 0. The maximum atomic E-state index is 11.9. The zero-order valence-electron chi connectivity index (χ0n) is 12.9. The summed E-state index contributed by atoms with van der Waals surface area (Å²) in [5, 5.41) is 20.6. The Labute approximate surface area is 139 Å². The maximum absolute atomic E-state index is 11.9. The minimum absolute atomic E-state index is 0.305. The van der Waals surface area contributed by atoms with Crippen LogP contribution in [0.25, 0.3) is 11.5 Å². The van der Waals surface area contributed by atoms with Gasteiger partial charge >= 0.3 is 0 Å². The molecule has 0 saturated heterocycles. The third kappa shape index (κ3) is 3.85. The molecule has 0 spiro atoms. The van der Waals surface area contributed by atoms with Crippen LogP contribution in [0.4, 0.5) is 0 Å². The molecule has 0 saturated carbocycles. The lowest BCUT2D eigenvalue weighted by atomic mass is 10.1. The van der Waals surface area contributed by atoms with Crippen LogP contribution in [0.3, 0.4) is 0 Å². The van der Waals surface area contributed by atoms with Crippen LogP contribution >= 0.6 is 0 Å². The molecule has 1 atom stereocenters. The summed E-state index contributed by atoms with van der Waals surface area (Å²) < 4.78 is 5.56. The first-order chi connectivity index (χ1) is 11.7. The number of rotatable bonds is 6. The minimum atomic E-state index is -1.19. The van der Waals surface area contributed by atoms with Gasteiger partial charge in [0.1, 0.15) is 0 Å². The Kier molecular flexibility index (Phi) is 4.98. The predicted molar refractivity (Wildman–Crippen MR) is 87.8 cm³/mol. The quantitative estimate of drug-likeness (QED) is 0.725. The lowest BCUT2D eigenvalue weighted by Gasteiger charge is -2.10. The van der Waals surface area contributed by atoms with Gasteiger partial charge in [0.25, 0.3) is 5.91 Å². The molecular formula is C18H17N3O3. The zero-order chi connectivity index (χ0) is 16.8. The van der Waals surface area contributed by atoms with E-state index in [-0.39, 0.29) is 0 Å². The maximum Gasteiger partial charge on any atom is 0.253 e. The van der Waals surface area contributed by atoms with E-state index in [1.807, 2.05) is 36.4 Å². The first kappa shape index (κ1) is 15.9. The van der Waals surface area contributed by atoms with E-state index in [4.69, 9.17) is 4.42 Å². The monoisotopic (exact) mass is 323 g/mol. The fraction of sp³-hybridized carbons (Fsp3) is 0.167. The summed E-state index contributed by atoms with van der Waals surface area (Å²) in [5.74, 6) is 0.425. The first-order valence-electron chi connectivity index (χ1n) is 7.62. The van der Waals surface area contributed by atoms with Gasteiger partial charge in [-0.2, -0.15) is 0 Å². The highest BCUT2D eigenvalue weighted by Gasteiger charge is 2.16. The van der Waals surface area contributed by atoms with E-state index in [9.17, 15) is 9.90 Å². The molecule has 0 fully saturated rings. The van der Waals surface area contributed by atoms with Gasteiger partial charge in [-0.25, -0.2) is 0 Å². The number of carbonyl (C=O) groups is 1. The van der Waals surface area contributed by atoms with Crippen LogP contribution in [0.5, 0.6) is 0 Å². The van der Waals surface area contributed by atoms with Crippen molar-refractivity contribution in [2.24, 2.45) is 0 Å². The molecule has 0 aliphatic carbocycles. The zero-order valence-corrected chi connectivity index (χ0v) is 12.9. The number of nitrogens with one attached hydrogen (secondary N) is 1. The number of nitrogens with zero attached hydrogens (tertiary/aromatic N) is 2. The van der Waals surface area contributed by atoms with Crippen molar-refractivity contribution in [3.05, 3.63) is 72.1 Å². The van der Waals surface area contributed by atoms with E-state index in [0.29, 0.717) is 30.3 Å². The van der Waals surface area contributed by atoms with Crippen LogP contribution in [0.2, 0.25) is 0 Å². The van der Waals surface area contributed by atoms with E-state index in [2.05, 4.69) is 15.5 Å². The van der Waals surface area contributed by atoms with Crippen molar-refractivity contribution in [2.75, 3.05) is 6.54 Å². The molecule has 3 aromatic rings. The largest absolute Gasteiger partial charge is 0.421 e. The first-order valence-corrected chi connectivity index (χ1v) is 7.62. The summed E-state index contributed by atoms with van der Waals surface area (Å²) in [7, 11) is 0. The van der Waals surface area contributed by atoms with Gasteiger partial charge in [-0.05, 0) is 17.7 Å². The Morgan fingerprint density at radius 1 is 1.04 bits per heavy atom. The molecule has 0 unspecified atom stereocenters. The van der Waals surface area contributed by atoms with Gasteiger partial charge in [0.05, 0.1) is 0 Å². The molecule has 1 heterocycles. The van der Waals surface area contributed by atoms with Gasteiger partial charge < -0.3 is 14.8 Å². The highest BCUT2D eigenvalue weighted by atomic mass is 16.4. The van der Waals surface area contributed by atoms with Crippen LogP contribution in [0.1, 0.15) is 17.6 Å². The Bertz CT molecular complexity index is 788. The number of carbonyl (C=O) groups excluding carboxylic acids is 1. The molecule has 0 bridgehead atoms. The van der Waals surface area contributed by atoms with E-state index in [0.717, 1.165) is 5.56 Å². The average molecular weight is 323 g/mol. The number of aliphatic hydroxyl groups is 1. The van der Waals surface area contributed by atoms with Crippen LogP contribution in [-0.4, -0.2) is 27.8 Å². The van der Waals surface area contributed by atoms with Crippen LogP contribution in [-0.2, 0) is 11.2 Å². The van der Waals surface area contributed by atoms with Gasteiger partial charge in [-0.3, -0.25) is 4.79 Å². The van der Waals surface area contributed by atoms with Gasteiger partial charge in [-0.1, -0.05) is 48.5 Å². The van der Waals surface area contributed by atoms with Crippen LogP contribution in [0, 0.1) is 0 Å². The normalized spacial score (nSPS) is 11.9. The summed E-state index contributed by atoms with van der Waals surface area (Å²) in [4.78, 5) is 11.9. The Balaban J connectivity index is 1.52. The average Bonchev–Trinajstić information content (AvgIpc) is 3.11. The Morgan fingerprint density at radius 3 is 2.42 bits per heavy atom. The Morgan fingerprint density at radius 2 is 1.71 bits per heavy atom. The third-order valence-corrected chi connectivity index (χ3v) is 3.49. The van der Waals surface area contributed by atoms with Crippen molar-refractivity contribution in [2.45, 2.75) is 12.5 Å². The van der Waals surface area contributed by atoms with Crippen LogP contribution in [0.15, 0.2) is 65.1 Å². The van der Waals surface area contributed by atoms with Crippen molar-refractivity contribution >= 4 is 5.91 Å². The number of aromatic nitrogens is 2. The van der Waals surface area contributed by atoms with Crippen molar-refractivity contribution in [3.8, 4) is 11.5 Å². The molecule has 2 N–H and O–H groups in total. The van der Waals surface area contributed by atoms with E-state index >= 15 is 0 Å². The molecule has 6 heteroatoms. The third-order valence-electron chi connectivity index (χ3n) is 3.49. The number of aliphatic hydroxyl groups excluding tert-OH is 1. The smallest absolute Gasteiger partial charge is 0.253 e. The van der Waals surface area contributed by atoms with E-state index < -0.39 is 12.0 Å². The molecule has 0 aliphatic heterocycles. The summed E-state index contributed by atoms with van der Waals surface area (Å²) in [5.41, 5.74) is 1.40. The lowest BCUT2D eigenvalue weighted by Crippen LogP contribution is -2.31. The van der Waals surface area contributed by atoms with E-state index in [1.54, 1.807) is 24.3 Å². The molecule has 3 rings (SSSR count). The molecular weight excluding hydrogens is 306 g/mol. The minimum Gasteiger partial charge on any atom is -0.421 e. The van der Waals surface area contributed by atoms with Gasteiger partial charge in [0, 0.05) is 18.5 Å². The topological polar surface area (TPSA) is 88.3 Å². The highest BCUT2D eigenvalue weighted by Crippen LogP contribution is 2.17. The fourth-order valence-corrected chi connectivity index (χ4v) is 2.23. The fourth-order valence-electron chi connectivity index (χ4n) is 2.23. The SMILES string of the molecule is O=C(NCCc1nnc(-c2ccccc2)o1)[C@@H](O)c1ccccc1. The molecule has 2 aromatic carbocycles. The standard InChI is InChI=1S/C18H17N3O3/c22-16(13-7-3-1-4-8-13)17(23)19-12-11-15-20-21-18(24-15)14-9-5-2-6-10-14/h1-10,16,22H,11-12H2,(H,19,23)/t16-/m0/s1. The highest BCUT2D eigenvalue weighted by molar-refractivity contribution is 5.81. The second-order valence-electron chi connectivity index (χ2n) is 5.22. The predicted octanol–water partition coefficient (Wildman–Crippen LogP) is 2.13. The number of hydrogen-bond acceptors (Lipinski definition) is 5. The molecule has 1 amide bonds. The lowest BCUT2D eigenvalue weighted by molar-refractivity contribution is -0.129. The number of amides is 1. The van der Waals surface area contributed by atoms with Crippen molar-refractivity contribution in [1.82, 2.24) is 15.5 Å². The Hall–Kier alpha value is -2.99. The van der Waals surface area contributed by atoms with Crippen molar-refractivity contribution in [1.29, 1.82) is 0 Å². The molecule has 0 radical (unpaired) electrons.